The van der Waals surface area contributed by atoms with Crippen molar-refractivity contribution in [2.75, 3.05) is 19.7 Å². The molecule has 1 saturated heterocycles. The first kappa shape index (κ1) is 17.2. The lowest BCUT2D eigenvalue weighted by Gasteiger charge is -2.24. The molecule has 1 fully saturated rings. The number of halogens is 1. The smallest absolute Gasteiger partial charge is 0.410 e. The zero-order valence-electron chi connectivity index (χ0n) is 13.2. The summed E-state index contributed by atoms with van der Waals surface area (Å²) in [7, 11) is 0. The number of rotatable bonds is 3. The molecule has 1 aliphatic heterocycles. The highest BCUT2D eigenvalue weighted by molar-refractivity contribution is 9.10. The summed E-state index contributed by atoms with van der Waals surface area (Å²) in [5.41, 5.74) is 0.684. The standard InChI is InChI=1S/C16H23BrN2O3/c1-16(2,3)22-15(20)19-8-12(10-21-18)14(9-19)11-4-6-13(17)7-5-11/h4-7,12,14H,8-10,18H2,1-3H3. The number of carbonyl (C=O) groups is 1. The van der Waals surface area contributed by atoms with Crippen molar-refractivity contribution in [2.24, 2.45) is 11.8 Å². The third-order valence-corrected chi connectivity index (χ3v) is 4.23. The maximum atomic E-state index is 12.3. The van der Waals surface area contributed by atoms with E-state index in [1.54, 1.807) is 4.90 Å². The summed E-state index contributed by atoms with van der Waals surface area (Å²) in [6.45, 7) is 7.23. The van der Waals surface area contributed by atoms with E-state index in [0.29, 0.717) is 19.7 Å². The molecule has 22 heavy (non-hydrogen) atoms. The number of carbonyl (C=O) groups excluding carboxylic acids is 1. The molecule has 0 aromatic heterocycles. The first-order valence-electron chi connectivity index (χ1n) is 7.35. The Morgan fingerprint density at radius 3 is 2.50 bits per heavy atom. The van der Waals surface area contributed by atoms with Gasteiger partial charge in [-0.1, -0.05) is 28.1 Å². The van der Waals surface area contributed by atoms with Crippen LogP contribution in [0.1, 0.15) is 32.3 Å². The molecule has 2 N–H and O–H groups in total. The molecule has 122 valence electrons. The first-order chi connectivity index (χ1) is 10.3. The third kappa shape index (κ3) is 4.44. The molecule has 0 aliphatic carbocycles. The van der Waals surface area contributed by atoms with Gasteiger partial charge in [0.1, 0.15) is 5.60 Å². The van der Waals surface area contributed by atoms with Gasteiger partial charge in [0.15, 0.2) is 0 Å². The largest absolute Gasteiger partial charge is 0.444 e. The number of nitrogens with two attached hydrogens (primary N) is 1. The van der Waals surface area contributed by atoms with Gasteiger partial charge in [0.05, 0.1) is 6.61 Å². The van der Waals surface area contributed by atoms with Crippen LogP contribution >= 0.6 is 15.9 Å². The van der Waals surface area contributed by atoms with E-state index in [-0.39, 0.29) is 17.9 Å². The van der Waals surface area contributed by atoms with Gasteiger partial charge in [0, 0.05) is 29.4 Å². The molecular weight excluding hydrogens is 348 g/mol. The van der Waals surface area contributed by atoms with Crippen molar-refractivity contribution in [3.8, 4) is 0 Å². The van der Waals surface area contributed by atoms with Crippen LogP contribution in [0.3, 0.4) is 0 Å². The van der Waals surface area contributed by atoms with Crippen molar-refractivity contribution in [1.82, 2.24) is 4.90 Å². The fourth-order valence-corrected chi connectivity index (χ4v) is 2.99. The normalized spacial score (nSPS) is 22.0. The van der Waals surface area contributed by atoms with Crippen molar-refractivity contribution < 1.29 is 14.4 Å². The highest BCUT2D eigenvalue weighted by Gasteiger charge is 2.38. The fraction of sp³-hybridized carbons (Fsp3) is 0.562. The monoisotopic (exact) mass is 370 g/mol. The van der Waals surface area contributed by atoms with Gasteiger partial charge in [0.2, 0.25) is 0 Å². The molecule has 0 saturated carbocycles. The molecule has 2 atom stereocenters. The maximum absolute atomic E-state index is 12.3. The molecule has 1 aliphatic rings. The van der Waals surface area contributed by atoms with Crippen molar-refractivity contribution in [1.29, 1.82) is 0 Å². The summed E-state index contributed by atoms with van der Waals surface area (Å²) in [5, 5.41) is 0. The van der Waals surface area contributed by atoms with Crippen LogP contribution in [0.5, 0.6) is 0 Å². The van der Waals surface area contributed by atoms with Gasteiger partial charge in [-0.15, -0.1) is 0 Å². The predicted molar refractivity (Wildman–Crippen MR) is 88.3 cm³/mol. The van der Waals surface area contributed by atoms with E-state index in [1.807, 2.05) is 32.9 Å². The summed E-state index contributed by atoms with van der Waals surface area (Å²) >= 11 is 3.44. The quantitative estimate of drug-likeness (QED) is 0.829. The van der Waals surface area contributed by atoms with E-state index >= 15 is 0 Å². The van der Waals surface area contributed by atoms with Crippen LogP contribution in [-0.2, 0) is 9.57 Å². The average Bonchev–Trinajstić information content (AvgIpc) is 2.82. The molecule has 1 aromatic carbocycles. The van der Waals surface area contributed by atoms with Crippen molar-refractivity contribution >= 4 is 22.0 Å². The highest BCUT2D eigenvalue weighted by Crippen LogP contribution is 2.34. The van der Waals surface area contributed by atoms with Gasteiger partial charge in [-0.05, 0) is 38.5 Å². The predicted octanol–water partition coefficient (Wildman–Crippen LogP) is 3.29. The van der Waals surface area contributed by atoms with Crippen LogP contribution in [0.4, 0.5) is 4.79 Å². The Balaban J connectivity index is 2.12. The molecular formula is C16H23BrN2O3. The van der Waals surface area contributed by atoms with Crippen molar-refractivity contribution in [3.63, 3.8) is 0 Å². The van der Waals surface area contributed by atoms with Crippen LogP contribution in [0, 0.1) is 5.92 Å². The summed E-state index contributed by atoms with van der Waals surface area (Å²) in [5.74, 6) is 5.62. The van der Waals surface area contributed by atoms with Crippen molar-refractivity contribution in [3.05, 3.63) is 34.3 Å². The van der Waals surface area contributed by atoms with E-state index in [2.05, 4.69) is 28.1 Å². The summed E-state index contributed by atoms with van der Waals surface area (Å²) in [6, 6.07) is 8.14. The molecule has 1 amide bonds. The average molecular weight is 371 g/mol. The molecule has 5 nitrogen and oxygen atoms in total. The van der Waals surface area contributed by atoms with E-state index in [0.717, 1.165) is 4.47 Å². The van der Waals surface area contributed by atoms with Crippen LogP contribution < -0.4 is 5.90 Å². The Hall–Kier alpha value is -1.11. The zero-order chi connectivity index (χ0) is 16.3. The number of nitrogens with zero attached hydrogens (tertiary/aromatic N) is 1. The fourth-order valence-electron chi connectivity index (χ4n) is 2.73. The van der Waals surface area contributed by atoms with Crippen LogP contribution in [-0.4, -0.2) is 36.3 Å². The Kier molecular flexibility index (Phi) is 5.47. The maximum Gasteiger partial charge on any atom is 0.410 e. The molecule has 2 rings (SSSR count). The van der Waals surface area contributed by atoms with Gasteiger partial charge in [-0.3, -0.25) is 0 Å². The van der Waals surface area contributed by atoms with Gasteiger partial charge < -0.3 is 14.5 Å². The van der Waals surface area contributed by atoms with Crippen molar-refractivity contribution in [2.45, 2.75) is 32.3 Å². The zero-order valence-corrected chi connectivity index (χ0v) is 14.8. The van der Waals surface area contributed by atoms with Gasteiger partial charge in [-0.25, -0.2) is 10.7 Å². The van der Waals surface area contributed by atoms with Crippen LogP contribution in [0.25, 0.3) is 0 Å². The molecule has 0 spiro atoms. The molecule has 6 heteroatoms. The lowest BCUT2D eigenvalue weighted by atomic mass is 9.90. The number of hydrogen-bond acceptors (Lipinski definition) is 4. The minimum absolute atomic E-state index is 0.165. The number of likely N-dealkylation sites (tertiary alicyclic amines) is 1. The van der Waals surface area contributed by atoms with E-state index in [9.17, 15) is 4.79 Å². The highest BCUT2D eigenvalue weighted by atomic mass is 79.9. The number of amides is 1. The van der Waals surface area contributed by atoms with Gasteiger partial charge in [0.25, 0.3) is 0 Å². The third-order valence-electron chi connectivity index (χ3n) is 3.70. The minimum atomic E-state index is -0.493. The number of benzene rings is 1. The van der Waals surface area contributed by atoms with E-state index in [4.69, 9.17) is 15.5 Å². The summed E-state index contributed by atoms with van der Waals surface area (Å²) in [6.07, 6.45) is -0.283. The number of ether oxygens (including phenoxy) is 1. The minimum Gasteiger partial charge on any atom is -0.444 e. The topological polar surface area (TPSA) is 64.8 Å². The molecule has 0 bridgehead atoms. The molecule has 0 radical (unpaired) electrons. The molecule has 1 heterocycles. The molecule has 1 aromatic rings. The van der Waals surface area contributed by atoms with E-state index < -0.39 is 5.60 Å². The van der Waals surface area contributed by atoms with E-state index in [1.165, 1.54) is 5.56 Å². The number of hydrogen-bond donors (Lipinski definition) is 1. The summed E-state index contributed by atoms with van der Waals surface area (Å²) < 4.78 is 6.49. The van der Waals surface area contributed by atoms with Crippen LogP contribution in [0.2, 0.25) is 0 Å². The molecule has 2 unspecified atom stereocenters. The summed E-state index contributed by atoms with van der Waals surface area (Å²) in [4.78, 5) is 18.8. The Morgan fingerprint density at radius 2 is 1.95 bits per heavy atom. The Labute approximate surface area is 139 Å². The van der Waals surface area contributed by atoms with Crippen LogP contribution in [0.15, 0.2) is 28.7 Å². The lowest BCUT2D eigenvalue weighted by molar-refractivity contribution is 0.0274. The van der Waals surface area contributed by atoms with Gasteiger partial charge >= 0.3 is 6.09 Å². The SMILES string of the molecule is CC(C)(C)OC(=O)N1CC(CON)C(c2ccc(Br)cc2)C1. The Bertz CT molecular complexity index is 513. The lowest BCUT2D eigenvalue weighted by Crippen LogP contribution is -2.35. The second kappa shape index (κ2) is 6.98. The van der Waals surface area contributed by atoms with Gasteiger partial charge in [-0.2, -0.15) is 0 Å². The Morgan fingerprint density at radius 1 is 1.32 bits per heavy atom. The second-order valence-corrected chi connectivity index (χ2v) is 7.55. The second-order valence-electron chi connectivity index (χ2n) is 6.64. The first-order valence-corrected chi connectivity index (χ1v) is 8.14.